The van der Waals surface area contributed by atoms with Crippen LogP contribution in [0.15, 0.2) is 45.3 Å². The fourth-order valence-electron chi connectivity index (χ4n) is 1.48. The van der Waals surface area contributed by atoms with E-state index in [4.69, 9.17) is 27.5 Å². The SMILES string of the molecule is N=C(N)c1cc(Br)ccc1Oc1ccc(Br)cc1Cl. The first-order valence-electron chi connectivity index (χ1n) is 5.24. The van der Waals surface area contributed by atoms with Crippen molar-refractivity contribution in [3.05, 3.63) is 55.9 Å². The van der Waals surface area contributed by atoms with Crippen LogP contribution >= 0.6 is 43.5 Å². The lowest BCUT2D eigenvalue weighted by atomic mass is 10.2. The van der Waals surface area contributed by atoms with Crippen LogP contribution in [0.25, 0.3) is 0 Å². The van der Waals surface area contributed by atoms with Gasteiger partial charge in [0.05, 0.1) is 10.6 Å². The molecule has 0 atom stereocenters. The number of nitrogens with one attached hydrogen (secondary N) is 1. The highest BCUT2D eigenvalue weighted by atomic mass is 79.9. The van der Waals surface area contributed by atoms with Gasteiger partial charge in [0, 0.05) is 8.95 Å². The summed E-state index contributed by atoms with van der Waals surface area (Å²) in [5.74, 6) is 0.930. The van der Waals surface area contributed by atoms with Gasteiger partial charge in [-0.3, -0.25) is 5.41 Å². The Morgan fingerprint density at radius 3 is 2.21 bits per heavy atom. The Morgan fingerprint density at radius 1 is 1.05 bits per heavy atom. The second-order valence-electron chi connectivity index (χ2n) is 3.73. The smallest absolute Gasteiger partial charge is 0.146 e. The van der Waals surface area contributed by atoms with E-state index in [-0.39, 0.29) is 5.84 Å². The Labute approximate surface area is 132 Å². The zero-order valence-corrected chi connectivity index (χ0v) is 13.5. The lowest BCUT2D eigenvalue weighted by Crippen LogP contribution is -2.12. The zero-order chi connectivity index (χ0) is 14.0. The van der Waals surface area contributed by atoms with Gasteiger partial charge in [-0.1, -0.05) is 43.5 Å². The number of amidine groups is 1. The van der Waals surface area contributed by atoms with Crippen molar-refractivity contribution in [1.29, 1.82) is 5.41 Å². The van der Waals surface area contributed by atoms with Crippen LogP contribution in [0.5, 0.6) is 11.5 Å². The van der Waals surface area contributed by atoms with E-state index < -0.39 is 0 Å². The molecule has 2 aromatic rings. The minimum Gasteiger partial charge on any atom is -0.455 e. The summed E-state index contributed by atoms with van der Waals surface area (Å²) in [7, 11) is 0. The second kappa shape index (κ2) is 5.94. The summed E-state index contributed by atoms with van der Waals surface area (Å²) < 4.78 is 7.41. The maximum Gasteiger partial charge on any atom is 0.146 e. The Bertz CT molecular complexity index is 647. The normalized spacial score (nSPS) is 10.3. The Kier molecular flexibility index (Phi) is 4.50. The van der Waals surface area contributed by atoms with Crippen LogP contribution in [-0.2, 0) is 0 Å². The van der Waals surface area contributed by atoms with Gasteiger partial charge >= 0.3 is 0 Å². The van der Waals surface area contributed by atoms with Crippen LogP contribution in [0.3, 0.4) is 0 Å². The maximum absolute atomic E-state index is 7.56. The highest BCUT2D eigenvalue weighted by Gasteiger charge is 2.10. The van der Waals surface area contributed by atoms with Crippen LogP contribution < -0.4 is 10.5 Å². The lowest BCUT2D eigenvalue weighted by Gasteiger charge is -2.12. The zero-order valence-electron chi connectivity index (χ0n) is 9.58. The van der Waals surface area contributed by atoms with Crippen molar-refractivity contribution in [1.82, 2.24) is 0 Å². The Morgan fingerprint density at radius 2 is 1.63 bits per heavy atom. The van der Waals surface area contributed by atoms with Crippen molar-refractivity contribution >= 4 is 49.3 Å². The number of rotatable bonds is 3. The highest BCUT2D eigenvalue weighted by Crippen LogP contribution is 2.33. The van der Waals surface area contributed by atoms with Crippen molar-refractivity contribution in [3.63, 3.8) is 0 Å². The Hall–Kier alpha value is -1.04. The third kappa shape index (κ3) is 3.49. The van der Waals surface area contributed by atoms with Crippen LogP contribution in [0.1, 0.15) is 5.56 Å². The van der Waals surface area contributed by atoms with Crippen molar-refractivity contribution in [2.75, 3.05) is 0 Å². The van der Waals surface area contributed by atoms with Gasteiger partial charge in [0.15, 0.2) is 0 Å². The van der Waals surface area contributed by atoms with E-state index in [1.54, 1.807) is 24.3 Å². The molecule has 6 heteroatoms. The van der Waals surface area contributed by atoms with E-state index in [2.05, 4.69) is 31.9 Å². The van der Waals surface area contributed by atoms with Gasteiger partial charge in [-0.25, -0.2) is 0 Å². The molecule has 0 aliphatic carbocycles. The molecule has 0 aromatic heterocycles. The largest absolute Gasteiger partial charge is 0.455 e. The predicted octanol–water partition coefficient (Wildman–Crippen LogP) is 4.94. The average Bonchev–Trinajstić information content (AvgIpc) is 2.34. The first-order chi connectivity index (χ1) is 8.97. The Balaban J connectivity index is 2.40. The minimum atomic E-state index is -0.0652. The summed E-state index contributed by atoms with van der Waals surface area (Å²) in [5.41, 5.74) is 6.05. The summed E-state index contributed by atoms with van der Waals surface area (Å²) in [6, 6.07) is 10.6. The molecule has 2 aromatic carbocycles. The lowest BCUT2D eigenvalue weighted by molar-refractivity contribution is 0.481. The number of nitrogen functional groups attached to an aromatic ring is 1. The van der Waals surface area contributed by atoms with Gasteiger partial charge in [-0.2, -0.15) is 0 Å². The summed E-state index contributed by atoms with van der Waals surface area (Å²) >= 11 is 12.8. The van der Waals surface area contributed by atoms with E-state index in [9.17, 15) is 0 Å². The quantitative estimate of drug-likeness (QED) is 0.562. The predicted molar refractivity (Wildman–Crippen MR) is 84.4 cm³/mol. The molecule has 0 amide bonds. The molecule has 98 valence electrons. The minimum absolute atomic E-state index is 0.0652. The number of ether oxygens (including phenoxy) is 1. The van der Waals surface area contributed by atoms with Crippen molar-refractivity contribution in [3.8, 4) is 11.5 Å². The van der Waals surface area contributed by atoms with Crippen molar-refractivity contribution < 1.29 is 4.74 Å². The molecule has 2 rings (SSSR count). The van der Waals surface area contributed by atoms with Gasteiger partial charge in [-0.05, 0) is 36.4 Å². The fraction of sp³-hybridized carbons (Fsp3) is 0. The molecule has 0 aliphatic rings. The molecular weight excluding hydrogens is 395 g/mol. The van der Waals surface area contributed by atoms with Gasteiger partial charge in [0.25, 0.3) is 0 Å². The molecule has 0 saturated heterocycles. The number of halogens is 3. The first-order valence-corrected chi connectivity index (χ1v) is 7.20. The molecule has 0 heterocycles. The summed E-state index contributed by atoms with van der Waals surface area (Å²) in [6.07, 6.45) is 0. The van der Waals surface area contributed by atoms with Gasteiger partial charge < -0.3 is 10.5 Å². The van der Waals surface area contributed by atoms with Crippen LogP contribution in [0.2, 0.25) is 5.02 Å². The van der Waals surface area contributed by atoms with Gasteiger partial charge in [0.2, 0.25) is 0 Å². The number of nitrogens with two attached hydrogens (primary N) is 1. The molecule has 0 fully saturated rings. The van der Waals surface area contributed by atoms with Crippen LogP contribution in [-0.4, -0.2) is 5.84 Å². The third-order valence-corrected chi connectivity index (χ3v) is 3.63. The molecule has 0 aliphatic heterocycles. The third-order valence-electron chi connectivity index (χ3n) is 2.35. The van der Waals surface area contributed by atoms with Gasteiger partial charge in [0.1, 0.15) is 17.3 Å². The number of hydrogen-bond donors (Lipinski definition) is 2. The first kappa shape index (κ1) is 14.4. The van der Waals surface area contributed by atoms with Crippen LogP contribution in [0, 0.1) is 5.41 Å². The highest BCUT2D eigenvalue weighted by molar-refractivity contribution is 9.10. The molecule has 3 nitrogen and oxygen atoms in total. The standard InChI is InChI=1S/C13H9Br2ClN2O/c14-7-1-3-11(9(5-7)13(17)18)19-12-4-2-8(15)6-10(12)16/h1-6H,(H3,17,18). The molecule has 0 unspecified atom stereocenters. The van der Waals surface area contributed by atoms with E-state index in [1.807, 2.05) is 12.1 Å². The summed E-state index contributed by atoms with van der Waals surface area (Å²) in [4.78, 5) is 0. The van der Waals surface area contributed by atoms with Crippen molar-refractivity contribution in [2.45, 2.75) is 0 Å². The second-order valence-corrected chi connectivity index (χ2v) is 5.97. The number of benzene rings is 2. The van der Waals surface area contributed by atoms with E-state index >= 15 is 0 Å². The average molecular weight is 404 g/mol. The molecule has 0 saturated carbocycles. The molecular formula is C13H9Br2ClN2O. The van der Waals surface area contributed by atoms with Crippen LogP contribution in [0.4, 0.5) is 0 Å². The van der Waals surface area contributed by atoms with Crippen molar-refractivity contribution in [2.24, 2.45) is 5.73 Å². The molecule has 19 heavy (non-hydrogen) atoms. The molecule has 0 radical (unpaired) electrons. The maximum atomic E-state index is 7.56. The van der Waals surface area contributed by atoms with Gasteiger partial charge in [-0.15, -0.1) is 0 Å². The summed E-state index contributed by atoms with van der Waals surface area (Å²) in [5, 5.41) is 8.04. The number of hydrogen-bond acceptors (Lipinski definition) is 2. The topological polar surface area (TPSA) is 59.1 Å². The molecule has 0 bridgehead atoms. The fourth-order valence-corrected chi connectivity index (χ4v) is 2.55. The molecule has 3 N–H and O–H groups in total. The summed E-state index contributed by atoms with van der Waals surface area (Å²) in [6.45, 7) is 0. The van der Waals surface area contributed by atoms with E-state index in [0.717, 1.165) is 8.95 Å². The van der Waals surface area contributed by atoms with E-state index in [0.29, 0.717) is 22.1 Å². The molecule has 0 spiro atoms. The monoisotopic (exact) mass is 402 g/mol. The van der Waals surface area contributed by atoms with E-state index in [1.165, 1.54) is 0 Å².